The largest absolute Gasteiger partial charge is 0.400 e. The van der Waals surface area contributed by atoms with E-state index in [1.807, 2.05) is 0 Å². The van der Waals surface area contributed by atoms with Crippen LogP contribution in [0.4, 0.5) is 0 Å². The topological polar surface area (TPSA) is 21.7 Å². The van der Waals surface area contributed by atoms with Gasteiger partial charge < -0.3 is 13.8 Å². The van der Waals surface area contributed by atoms with Gasteiger partial charge in [0, 0.05) is 14.2 Å². The van der Waals surface area contributed by atoms with Crippen molar-refractivity contribution in [2.24, 2.45) is 0 Å². The van der Waals surface area contributed by atoms with E-state index in [-0.39, 0.29) is 0 Å². The van der Waals surface area contributed by atoms with Gasteiger partial charge in [-0.1, -0.05) is 20.3 Å². The highest BCUT2D eigenvalue weighted by atomic mass is 28.3. The first-order chi connectivity index (χ1) is 7.78. The third-order valence-electron chi connectivity index (χ3n) is 2.77. The van der Waals surface area contributed by atoms with Crippen LogP contribution in [0.5, 0.6) is 0 Å². The van der Waals surface area contributed by atoms with Gasteiger partial charge in [-0.3, -0.25) is 0 Å². The lowest BCUT2D eigenvalue weighted by Crippen LogP contribution is -2.27. The molecule has 0 amide bonds. The number of rotatable bonds is 11. The highest BCUT2D eigenvalue weighted by molar-refractivity contribution is 6.44. The highest BCUT2D eigenvalue weighted by Gasteiger charge is 2.09. The summed E-state index contributed by atoms with van der Waals surface area (Å²) in [6.07, 6.45) is 5.03. The van der Waals surface area contributed by atoms with Gasteiger partial charge in [0.2, 0.25) is 0 Å². The molecule has 4 heteroatoms. The van der Waals surface area contributed by atoms with E-state index < -0.39 is 9.28 Å². The van der Waals surface area contributed by atoms with Crippen molar-refractivity contribution < 1.29 is 8.85 Å². The summed E-state index contributed by atoms with van der Waals surface area (Å²) in [5.41, 5.74) is 0. The van der Waals surface area contributed by atoms with Crippen LogP contribution < -0.4 is 0 Å². The Hall–Kier alpha value is 0.0969. The Labute approximate surface area is 103 Å². The van der Waals surface area contributed by atoms with Crippen molar-refractivity contribution in [3.05, 3.63) is 0 Å². The van der Waals surface area contributed by atoms with Crippen LogP contribution in [0.15, 0.2) is 0 Å². The molecule has 0 aliphatic carbocycles. The monoisotopic (exact) mass is 247 g/mol. The summed E-state index contributed by atoms with van der Waals surface area (Å²) < 4.78 is 10.6. The van der Waals surface area contributed by atoms with Gasteiger partial charge in [0.1, 0.15) is 0 Å². The second-order valence-electron chi connectivity index (χ2n) is 4.24. The molecule has 0 spiro atoms. The van der Waals surface area contributed by atoms with Crippen LogP contribution in [-0.2, 0) is 8.85 Å². The third-order valence-corrected chi connectivity index (χ3v) is 4.70. The number of unbranched alkanes of at least 4 members (excludes halogenated alkanes) is 1. The Kier molecular flexibility index (Phi) is 11.6. The van der Waals surface area contributed by atoms with Gasteiger partial charge >= 0.3 is 9.28 Å². The first-order valence-corrected chi connectivity index (χ1v) is 8.32. The average Bonchev–Trinajstić information content (AvgIpc) is 2.30. The zero-order valence-corrected chi connectivity index (χ0v) is 12.7. The van der Waals surface area contributed by atoms with Crippen molar-refractivity contribution in [3.63, 3.8) is 0 Å². The fraction of sp³-hybridized carbons (Fsp3) is 1.00. The van der Waals surface area contributed by atoms with Crippen LogP contribution in [-0.4, -0.2) is 48.0 Å². The van der Waals surface area contributed by atoms with Gasteiger partial charge in [-0.05, 0) is 44.9 Å². The number of hydrogen-bond acceptors (Lipinski definition) is 3. The molecular formula is C12H29NO2Si. The van der Waals surface area contributed by atoms with E-state index in [0.29, 0.717) is 0 Å². The van der Waals surface area contributed by atoms with Crippen LogP contribution in [0.3, 0.4) is 0 Å². The molecule has 3 nitrogen and oxygen atoms in total. The van der Waals surface area contributed by atoms with Crippen molar-refractivity contribution in [2.75, 3.05) is 33.9 Å². The Bertz CT molecular complexity index is 137. The first-order valence-electron chi connectivity index (χ1n) is 6.56. The van der Waals surface area contributed by atoms with Gasteiger partial charge in [-0.2, -0.15) is 0 Å². The molecule has 0 aliphatic rings. The van der Waals surface area contributed by atoms with Crippen molar-refractivity contribution in [1.82, 2.24) is 4.90 Å². The van der Waals surface area contributed by atoms with E-state index in [1.165, 1.54) is 45.3 Å². The van der Waals surface area contributed by atoms with Gasteiger partial charge in [0.05, 0.1) is 0 Å². The summed E-state index contributed by atoms with van der Waals surface area (Å²) in [4.78, 5) is 2.57. The fourth-order valence-corrected chi connectivity index (χ4v) is 3.23. The Morgan fingerprint density at radius 3 is 1.88 bits per heavy atom. The van der Waals surface area contributed by atoms with Gasteiger partial charge in [-0.25, -0.2) is 0 Å². The van der Waals surface area contributed by atoms with Crippen molar-refractivity contribution in [2.45, 2.75) is 45.6 Å². The maximum absolute atomic E-state index is 5.30. The molecule has 0 aromatic carbocycles. The first kappa shape index (κ1) is 16.1. The van der Waals surface area contributed by atoms with Gasteiger partial charge in [-0.15, -0.1) is 0 Å². The lowest BCUT2D eigenvalue weighted by Gasteiger charge is -2.21. The highest BCUT2D eigenvalue weighted by Crippen LogP contribution is 2.05. The molecule has 98 valence electrons. The molecule has 16 heavy (non-hydrogen) atoms. The molecule has 0 aliphatic heterocycles. The van der Waals surface area contributed by atoms with Crippen molar-refractivity contribution >= 4 is 9.28 Å². The van der Waals surface area contributed by atoms with Crippen LogP contribution in [0, 0.1) is 0 Å². The smallest absolute Gasteiger partial charge is 0.320 e. The quantitative estimate of drug-likeness (QED) is 0.413. The summed E-state index contributed by atoms with van der Waals surface area (Å²) in [6, 6.07) is 1.14. The molecule has 0 saturated heterocycles. The van der Waals surface area contributed by atoms with E-state index in [1.54, 1.807) is 14.2 Å². The Morgan fingerprint density at radius 1 is 0.875 bits per heavy atom. The standard InChI is InChI=1S/C12H29NO2Si/c1-5-9-13(10-6-2)11-7-8-12-16(14-3)15-4/h16H,5-12H2,1-4H3. The normalized spacial score (nSPS) is 11.6. The molecule has 0 rings (SSSR count). The minimum Gasteiger partial charge on any atom is -0.400 e. The number of hydrogen-bond donors (Lipinski definition) is 0. The predicted octanol–water partition coefficient (Wildman–Crippen LogP) is 2.40. The molecule has 0 saturated carbocycles. The van der Waals surface area contributed by atoms with E-state index in [9.17, 15) is 0 Å². The van der Waals surface area contributed by atoms with Crippen LogP contribution in [0.25, 0.3) is 0 Å². The minimum atomic E-state index is -1.31. The molecule has 0 aromatic heterocycles. The van der Waals surface area contributed by atoms with Crippen LogP contribution in [0.2, 0.25) is 6.04 Å². The summed E-state index contributed by atoms with van der Waals surface area (Å²) in [5.74, 6) is 0. The molecule has 0 atom stereocenters. The zero-order valence-electron chi connectivity index (χ0n) is 11.5. The summed E-state index contributed by atoms with van der Waals surface area (Å²) >= 11 is 0. The summed E-state index contributed by atoms with van der Waals surface area (Å²) in [7, 11) is 2.22. The minimum absolute atomic E-state index is 1.14. The van der Waals surface area contributed by atoms with E-state index in [0.717, 1.165) is 6.04 Å². The Morgan fingerprint density at radius 2 is 1.44 bits per heavy atom. The van der Waals surface area contributed by atoms with E-state index in [2.05, 4.69) is 18.7 Å². The molecular weight excluding hydrogens is 218 g/mol. The molecule has 0 radical (unpaired) electrons. The van der Waals surface area contributed by atoms with E-state index in [4.69, 9.17) is 8.85 Å². The maximum Gasteiger partial charge on any atom is 0.320 e. The van der Waals surface area contributed by atoms with Crippen LogP contribution >= 0.6 is 0 Å². The van der Waals surface area contributed by atoms with Crippen molar-refractivity contribution in [3.8, 4) is 0 Å². The lowest BCUT2D eigenvalue weighted by atomic mass is 10.3. The number of nitrogens with zero attached hydrogens (tertiary/aromatic N) is 1. The molecule has 0 fully saturated rings. The van der Waals surface area contributed by atoms with Gasteiger partial charge in [0.15, 0.2) is 0 Å². The maximum atomic E-state index is 5.30. The zero-order chi connectivity index (χ0) is 12.2. The molecule has 0 aromatic rings. The summed E-state index contributed by atoms with van der Waals surface area (Å²) in [5, 5.41) is 0. The second-order valence-corrected chi connectivity index (χ2v) is 6.62. The fourth-order valence-electron chi connectivity index (χ4n) is 1.95. The molecule has 0 unspecified atom stereocenters. The molecule has 0 N–H and O–H groups in total. The SMILES string of the molecule is CCCN(CCC)CCCC[SiH](OC)OC. The second kappa shape index (κ2) is 11.6. The van der Waals surface area contributed by atoms with Gasteiger partial charge in [0.25, 0.3) is 0 Å². The molecule has 0 bridgehead atoms. The van der Waals surface area contributed by atoms with Crippen LogP contribution in [0.1, 0.15) is 39.5 Å². The lowest BCUT2D eigenvalue weighted by molar-refractivity contribution is 0.261. The molecule has 0 heterocycles. The third kappa shape index (κ3) is 8.27. The Balaban J connectivity index is 3.52. The van der Waals surface area contributed by atoms with Crippen molar-refractivity contribution in [1.29, 1.82) is 0 Å². The predicted molar refractivity (Wildman–Crippen MR) is 72.2 cm³/mol. The average molecular weight is 247 g/mol. The summed E-state index contributed by atoms with van der Waals surface area (Å²) in [6.45, 7) is 8.21. The van der Waals surface area contributed by atoms with E-state index >= 15 is 0 Å².